The number of nitrogens with one attached hydrogen (secondary N) is 2. The summed E-state index contributed by atoms with van der Waals surface area (Å²) in [5.41, 5.74) is 1.02. The zero-order chi connectivity index (χ0) is 15.4. The van der Waals surface area contributed by atoms with Crippen molar-refractivity contribution in [2.24, 2.45) is 0 Å². The number of benzene rings is 1. The number of hydrogen-bond acceptors (Lipinski definition) is 4. The Morgan fingerprint density at radius 1 is 1.27 bits per heavy atom. The summed E-state index contributed by atoms with van der Waals surface area (Å²) in [6.07, 6.45) is 3.58. The number of rotatable bonds is 3. The Hall–Kier alpha value is -1.57. The Bertz CT molecular complexity index is 621. The van der Waals surface area contributed by atoms with Crippen LogP contribution >= 0.6 is 24.0 Å². The predicted octanol–water partition coefficient (Wildman–Crippen LogP) is 2.51. The number of aromatic amines is 1. The highest BCUT2D eigenvalue weighted by Gasteiger charge is 2.17. The van der Waals surface area contributed by atoms with E-state index in [1.54, 1.807) is 18.0 Å². The Kier molecular flexibility index (Phi) is 4.97. The van der Waals surface area contributed by atoms with Crippen LogP contribution in [0.15, 0.2) is 46.7 Å². The van der Waals surface area contributed by atoms with Crippen LogP contribution in [0.1, 0.15) is 0 Å². The molecule has 0 saturated carbocycles. The molecule has 116 valence electrons. The summed E-state index contributed by atoms with van der Waals surface area (Å²) in [5.74, 6) is 0. The number of imidazole rings is 1. The van der Waals surface area contributed by atoms with Gasteiger partial charge < -0.3 is 20.1 Å². The molecule has 7 heteroatoms. The minimum Gasteiger partial charge on any atom is -0.346 e. The van der Waals surface area contributed by atoms with Crippen LogP contribution in [-0.4, -0.2) is 58.1 Å². The van der Waals surface area contributed by atoms with Gasteiger partial charge in [-0.3, -0.25) is 0 Å². The number of para-hydroxylation sites is 1. The Morgan fingerprint density at radius 3 is 2.77 bits per heavy atom. The highest BCUT2D eigenvalue weighted by Crippen LogP contribution is 2.31. The third-order valence-corrected chi connectivity index (χ3v) is 4.95. The molecule has 5 nitrogen and oxygen atoms in total. The third-order valence-electron chi connectivity index (χ3n) is 3.60. The van der Waals surface area contributed by atoms with Crippen LogP contribution in [0, 0.1) is 0 Å². The van der Waals surface area contributed by atoms with Gasteiger partial charge in [-0.05, 0) is 43.2 Å². The molecule has 2 aromatic rings. The number of thiocarbonyl (C=S) groups is 1. The molecule has 0 aliphatic carbocycles. The highest BCUT2D eigenvalue weighted by atomic mass is 32.2. The minimum atomic E-state index is 0.792. The predicted molar refractivity (Wildman–Crippen MR) is 94.4 cm³/mol. The number of likely N-dealkylation sites (N-methyl/N-ethyl adjacent to an activating group) is 1. The Balaban J connectivity index is 1.68. The van der Waals surface area contributed by atoms with E-state index in [1.807, 2.05) is 24.4 Å². The first kappa shape index (κ1) is 15.3. The van der Waals surface area contributed by atoms with Crippen LogP contribution in [-0.2, 0) is 0 Å². The zero-order valence-corrected chi connectivity index (χ0v) is 14.1. The van der Waals surface area contributed by atoms with Crippen molar-refractivity contribution in [2.75, 3.05) is 38.5 Å². The van der Waals surface area contributed by atoms with E-state index >= 15 is 0 Å². The van der Waals surface area contributed by atoms with Crippen molar-refractivity contribution in [3.05, 3.63) is 36.7 Å². The van der Waals surface area contributed by atoms with E-state index in [0.29, 0.717) is 0 Å². The summed E-state index contributed by atoms with van der Waals surface area (Å²) in [7, 11) is 2.14. The van der Waals surface area contributed by atoms with E-state index in [2.05, 4.69) is 38.2 Å². The molecule has 2 heterocycles. The van der Waals surface area contributed by atoms with E-state index < -0.39 is 0 Å². The van der Waals surface area contributed by atoms with Crippen molar-refractivity contribution >= 4 is 34.8 Å². The molecule has 1 saturated heterocycles. The van der Waals surface area contributed by atoms with Crippen LogP contribution in [0.2, 0.25) is 0 Å². The van der Waals surface area contributed by atoms with Gasteiger partial charge in [-0.25, -0.2) is 4.98 Å². The fourth-order valence-electron chi connectivity index (χ4n) is 2.27. The fourth-order valence-corrected chi connectivity index (χ4v) is 3.39. The fraction of sp³-hybridized carbons (Fsp3) is 0.333. The van der Waals surface area contributed by atoms with Gasteiger partial charge in [0, 0.05) is 43.5 Å². The maximum atomic E-state index is 5.57. The lowest BCUT2D eigenvalue weighted by atomic mass is 10.3. The molecule has 2 N–H and O–H groups in total. The van der Waals surface area contributed by atoms with Crippen molar-refractivity contribution in [1.29, 1.82) is 0 Å². The molecule has 1 fully saturated rings. The molecular formula is C15H19N5S2. The molecule has 0 amide bonds. The first-order chi connectivity index (χ1) is 10.7. The van der Waals surface area contributed by atoms with E-state index in [9.17, 15) is 0 Å². The lowest BCUT2D eigenvalue weighted by Crippen LogP contribution is -2.48. The van der Waals surface area contributed by atoms with E-state index in [4.69, 9.17) is 12.2 Å². The van der Waals surface area contributed by atoms with Gasteiger partial charge in [0.15, 0.2) is 10.3 Å². The average Bonchev–Trinajstić information content (AvgIpc) is 3.03. The van der Waals surface area contributed by atoms with Crippen molar-refractivity contribution in [3.63, 3.8) is 0 Å². The van der Waals surface area contributed by atoms with Gasteiger partial charge in [0.05, 0.1) is 5.69 Å². The molecular weight excluding hydrogens is 314 g/mol. The van der Waals surface area contributed by atoms with E-state index in [1.165, 1.54) is 0 Å². The molecule has 22 heavy (non-hydrogen) atoms. The van der Waals surface area contributed by atoms with Gasteiger partial charge in [0.2, 0.25) is 0 Å². The number of hydrogen-bond donors (Lipinski definition) is 2. The number of nitrogens with zero attached hydrogens (tertiary/aromatic N) is 3. The second kappa shape index (κ2) is 7.13. The summed E-state index contributed by atoms with van der Waals surface area (Å²) in [6, 6.07) is 8.16. The molecule has 0 spiro atoms. The number of aromatic nitrogens is 2. The van der Waals surface area contributed by atoms with Crippen molar-refractivity contribution < 1.29 is 0 Å². The zero-order valence-electron chi connectivity index (χ0n) is 12.5. The standard InChI is InChI=1S/C15H19N5S2/c1-19-8-10-20(11-9-19)15(21)18-12-4-2-3-5-13(12)22-14-16-6-7-17-14/h2-7H,8-11H2,1H3,(H,16,17)(H,18,21). The molecule has 1 aromatic carbocycles. The maximum Gasteiger partial charge on any atom is 0.173 e. The molecule has 1 aliphatic rings. The van der Waals surface area contributed by atoms with Gasteiger partial charge >= 0.3 is 0 Å². The van der Waals surface area contributed by atoms with Crippen molar-refractivity contribution in [2.45, 2.75) is 10.1 Å². The van der Waals surface area contributed by atoms with Crippen LogP contribution in [0.3, 0.4) is 0 Å². The molecule has 1 aliphatic heterocycles. The topological polar surface area (TPSA) is 47.2 Å². The van der Waals surface area contributed by atoms with Crippen molar-refractivity contribution in [3.8, 4) is 0 Å². The van der Waals surface area contributed by atoms with Gasteiger partial charge in [-0.2, -0.15) is 0 Å². The minimum absolute atomic E-state index is 0.792. The molecule has 3 rings (SSSR count). The Morgan fingerprint density at radius 2 is 2.05 bits per heavy atom. The second-order valence-corrected chi connectivity index (χ2v) is 6.63. The normalized spacial score (nSPS) is 15.8. The van der Waals surface area contributed by atoms with Crippen molar-refractivity contribution in [1.82, 2.24) is 19.8 Å². The smallest absolute Gasteiger partial charge is 0.173 e. The van der Waals surface area contributed by atoms with Crippen LogP contribution in [0.4, 0.5) is 5.69 Å². The molecule has 0 bridgehead atoms. The van der Waals surface area contributed by atoms with E-state index in [-0.39, 0.29) is 0 Å². The van der Waals surface area contributed by atoms with Crippen LogP contribution < -0.4 is 5.32 Å². The lowest BCUT2D eigenvalue weighted by Gasteiger charge is -2.34. The quantitative estimate of drug-likeness (QED) is 0.842. The molecule has 0 radical (unpaired) electrons. The summed E-state index contributed by atoms with van der Waals surface area (Å²) in [4.78, 5) is 13.0. The SMILES string of the molecule is CN1CCN(C(=S)Nc2ccccc2Sc2ncc[nH]2)CC1. The molecule has 1 aromatic heterocycles. The summed E-state index contributed by atoms with van der Waals surface area (Å²) in [5, 5.41) is 5.05. The molecule has 0 atom stereocenters. The highest BCUT2D eigenvalue weighted by molar-refractivity contribution is 7.99. The van der Waals surface area contributed by atoms with Gasteiger partial charge in [0.1, 0.15) is 0 Å². The summed E-state index contributed by atoms with van der Waals surface area (Å²) < 4.78 is 0. The second-order valence-electron chi connectivity index (χ2n) is 5.21. The largest absolute Gasteiger partial charge is 0.346 e. The summed E-state index contributed by atoms with van der Waals surface area (Å²) >= 11 is 7.16. The average molecular weight is 333 g/mol. The van der Waals surface area contributed by atoms with Crippen LogP contribution in [0.25, 0.3) is 0 Å². The van der Waals surface area contributed by atoms with Gasteiger partial charge in [-0.15, -0.1) is 0 Å². The number of H-pyrrole nitrogens is 1. The maximum absolute atomic E-state index is 5.57. The first-order valence-corrected chi connectivity index (χ1v) is 8.45. The summed E-state index contributed by atoms with van der Waals surface area (Å²) in [6.45, 7) is 4.03. The van der Waals surface area contributed by atoms with Gasteiger partial charge in [-0.1, -0.05) is 12.1 Å². The number of piperazine rings is 1. The monoisotopic (exact) mass is 333 g/mol. The van der Waals surface area contributed by atoms with Crippen LogP contribution in [0.5, 0.6) is 0 Å². The molecule has 0 unspecified atom stereocenters. The number of anilines is 1. The van der Waals surface area contributed by atoms with Gasteiger partial charge in [0.25, 0.3) is 0 Å². The third kappa shape index (κ3) is 3.79. The van der Waals surface area contributed by atoms with E-state index in [0.717, 1.165) is 47.0 Å². The Labute approximate surface area is 140 Å². The lowest BCUT2D eigenvalue weighted by molar-refractivity contribution is 0.217. The first-order valence-electron chi connectivity index (χ1n) is 7.23.